The van der Waals surface area contributed by atoms with Crippen molar-refractivity contribution in [3.63, 3.8) is 0 Å². The highest BCUT2D eigenvalue weighted by molar-refractivity contribution is 6.07. The monoisotopic (exact) mass is 358 g/mol. The average molecular weight is 358 g/mol. The van der Waals surface area contributed by atoms with E-state index < -0.39 is 63.7 Å². The third-order valence-electron chi connectivity index (χ3n) is 3.10. The predicted molar refractivity (Wildman–Crippen MR) is 77.4 cm³/mol. The molecular weight excluding hydrogens is 349 g/mol. The Bertz CT molecular complexity index is 926. The number of nitrogens with one attached hydrogen (secondary N) is 1. The van der Waals surface area contributed by atoms with E-state index in [4.69, 9.17) is 5.73 Å². The summed E-state index contributed by atoms with van der Waals surface area (Å²) >= 11 is 0. The lowest BCUT2D eigenvalue weighted by atomic mass is 9.95. The molecular formula is C14H9F3N2O6. The maximum atomic E-state index is 14.2. The number of nitrogen functional groups attached to an aromatic ring is 1. The summed E-state index contributed by atoms with van der Waals surface area (Å²) in [6, 6.07) is 2.12. The molecule has 8 nitrogen and oxygen atoms in total. The second-order valence-corrected chi connectivity index (χ2v) is 4.62. The van der Waals surface area contributed by atoms with Crippen LogP contribution in [-0.4, -0.2) is 33.7 Å². The van der Waals surface area contributed by atoms with Crippen molar-refractivity contribution in [3.8, 4) is 16.9 Å². The van der Waals surface area contributed by atoms with Crippen molar-refractivity contribution in [2.75, 3.05) is 5.73 Å². The fourth-order valence-electron chi connectivity index (χ4n) is 2.19. The summed E-state index contributed by atoms with van der Waals surface area (Å²) in [5, 5.41) is 18.4. The van der Waals surface area contributed by atoms with Gasteiger partial charge in [-0.1, -0.05) is 0 Å². The van der Waals surface area contributed by atoms with E-state index in [1.54, 1.807) is 0 Å². The van der Waals surface area contributed by atoms with Gasteiger partial charge in [0, 0.05) is 11.1 Å². The van der Waals surface area contributed by atoms with Crippen LogP contribution in [0.5, 0.6) is 5.75 Å². The maximum absolute atomic E-state index is 14.2. The molecule has 0 radical (unpaired) electrons. The molecule has 25 heavy (non-hydrogen) atoms. The normalized spacial score (nSPS) is 10.7. The molecule has 0 fully saturated rings. The fourth-order valence-corrected chi connectivity index (χ4v) is 2.19. The number of aromatic carboxylic acids is 2. The fraction of sp³-hybridized carbons (Fsp3) is 0.0714. The number of benzene rings is 1. The van der Waals surface area contributed by atoms with Crippen LogP contribution in [0.3, 0.4) is 0 Å². The molecule has 2 aromatic rings. The SMILES string of the molecule is Nc1[nH]c(=O)c(C(=O)O)c(-c2cc(OC(F)F)ccc2F)c1C(=O)O. The first-order valence-electron chi connectivity index (χ1n) is 6.40. The van der Waals surface area contributed by atoms with Gasteiger partial charge in [-0.15, -0.1) is 0 Å². The number of halogens is 3. The summed E-state index contributed by atoms with van der Waals surface area (Å²) in [7, 11) is 0. The number of ether oxygens (including phenoxy) is 1. The lowest BCUT2D eigenvalue weighted by Crippen LogP contribution is -2.24. The van der Waals surface area contributed by atoms with Crippen molar-refractivity contribution >= 4 is 17.8 Å². The Hall–Kier alpha value is -3.50. The minimum atomic E-state index is -3.26. The molecule has 132 valence electrons. The Kier molecular flexibility index (Phi) is 4.68. The van der Waals surface area contributed by atoms with Crippen molar-refractivity contribution in [2.24, 2.45) is 0 Å². The van der Waals surface area contributed by atoms with Gasteiger partial charge in [-0.2, -0.15) is 8.78 Å². The molecule has 1 aromatic carbocycles. The van der Waals surface area contributed by atoms with Crippen LogP contribution in [0.4, 0.5) is 19.0 Å². The molecule has 2 rings (SSSR count). The summed E-state index contributed by atoms with van der Waals surface area (Å²) in [6.45, 7) is -3.26. The Labute approximate surface area is 136 Å². The Morgan fingerprint density at radius 3 is 2.28 bits per heavy atom. The third-order valence-corrected chi connectivity index (χ3v) is 3.10. The first-order valence-corrected chi connectivity index (χ1v) is 6.40. The maximum Gasteiger partial charge on any atom is 0.387 e. The van der Waals surface area contributed by atoms with Gasteiger partial charge in [0.25, 0.3) is 5.56 Å². The number of alkyl halides is 2. The highest BCUT2D eigenvalue weighted by atomic mass is 19.3. The van der Waals surface area contributed by atoms with Gasteiger partial charge in [-0.05, 0) is 18.2 Å². The Morgan fingerprint density at radius 2 is 1.76 bits per heavy atom. The molecule has 1 aromatic heterocycles. The number of hydrogen-bond donors (Lipinski definition) is 4. The summed E-state index contributed by atoms with van der Waals surface area (Å²) in [5.41, 5.74) is 0.491. The van der Waals surface area contributed by atoms with Gasteiger partial charge < -0.3 is 25.7 Å². The van der Waals surface area contributed by atoms with Gasteiger partial charge >= 0.3 is 18.6 Å². The van der Waals surface area contributed by atoms with E-state index >= 15 is 0 Å². The van der Waals surface area contributed by atoms with Crippen molar-refractivity contribution < 1.29 is 37.7 Å². The van der Waals surface area contributed by atoms with Gasteiger partial charge in [0.15, 0.2) is 0 Å². The molecule has 0 saturated carbocycles. The summed E-state index contributed by atoms with van der Waals surface area (Å²) in [6.07, 6.45) is 0. The summed E-state index contributed by atoms with van der Waals surface area (Å²) < 4.78 is 42.9. The number of hydrogen-bond acceptors (Lipinski definition) is 5. The summed E-state index contributed by atoms with van der Waals surface area (Å²) in [4.78, 5) is 36.4. The number of rotatable bonds is 5. The van der Waals surface area contributed by atoms with E-state index in [0.29, 0.717) is 12.1 Å². The number of pyridine rings is 1. The van der Waals surface area contributed by atoms with Crippen molar-refractivity contribution in [1.29, 1.82) is 0 Å². The number of aromatic amines is 1. The molecule has 0 amide bonds. The molecule has 0 aliphatic heterocycles. The van der Waals surface area contributed by atoms with Gasteiger partial charge in [-0.25, -0.2) is 14.0 Å². The second-order valence-electron chi connectivity index (χ2n) is 4.62. The topological polar surface area (TPSA) is 143 Å². The highest BCUT2D eigenvalue weighted by Crippen LogP contribution is 2.33. The number of H-pyrrole nitrogens is 1. The van der Waals surface area contributed by atoms with E-state index in [9.17, 15) is 37.8 Å². The van der Waals surface area contributed by atoms with Gasteiger partial charge in [0.1, 0.15) is 28.5 Å². The zero-order valence-electron chi connectivity index (χ0n) is 12.0. The van der Waals surface area contributed by atoms with Crippen LogP contribution in [0.15, 0.2) is 23.0 Å². The molecule has 5 N–H and O–H groups in total. The first-order chi connectivity index (χ1) is 11.6. The standard InChI is InChI=1S/C14H9F3N2O6/c15-6-2-1-4(25-14(16)17)3-5(6)7-8(12(21)22)10(18)19-11(20)9(7)13(23)24/h1-3,14H,(H,21,22)(H,23,24)(H3,18,19,20). The quantitative estimate of drug-likeness (QED) is 0.638. The van der Waals surface area contributed by atoms with Crippen LogP contribution in [-0.2, 0) is 0 Å². The molecule has 0 unspecified atom stereocenters. The second kappa shape index (κ2) is 6.55. The van der Waals surface area contributed by atoms with Crippen LogP contribution in [0.25, 0.3) is 11.1 Å². The zero-order valence-corrected chi connectivity index (χ0v) is 12.0. The lowest BCUT2D eigenvalue weighted by molar-refractivity contribution is -0.0498. The number of aromatic nitrogens is 1. The van der Waals surface area contributed by atoms with Gasteiger partial charge in [0.2, 0.25) is 0 Å². The number of anilines is 1. The molecule has 0 bridgehead atoms. The number of nitrogens with two attached hydrogens (primary N) is 1. The Morgan fingerprint density at radius 1 is 1.16 bits per heavy atom. The number of carboxylic acid groups (broad SMARTS) is 2. The average Bonchev–Trinajstić information content (AvgIpc) is 2.46. The minimum Gasteiger partial charge on any atom is -0.478 e. The van der Waals surface area contributed by atoms with E-state index in [0.717, 1.165) is 6.07 Å². The molecule has 1 heterocycles. The smallest absolute Gasteiger partial charge is 0.387 e. The van der Waals surface area contributed by atoms with Crippen LogP contribution in [0.1, 0.15) is 20.7 Å². The Balaban J connectivity index is 2.93. The molecule has 0 aliphatic carbocycles. The van der Waals surface area contributed by atoms with Gasteiger partial charge in [-0.3, -0.25) is 4.79 Å². The van der Waals surface area contributed by atoms with Gasteiger partial charge in [0.05, 0.1) is 0 Å². The minimum absolute atomic E-state index is 0.571. The molecule has 11 heteroatoms. The number of carboxylic acids is 2. The van der Waals surface area contributed by atoms with Crippen molar-refractivity contribution in [2.45, 2.75) is 6.61 Å². The largest absolute Gasteiger partial charge is 0.478 e. The zero-order chi connectivity index (χ0) is 18.9. The summed E-state index contributed by atoms with van der Waals surface area (Å²) in [5.74, 6) is -6.09. The third kappa shape index (κ3) is 3.39. The van der Waals surface area contributed by atoms with Crippen LogP contribution in [0.2, 0.25) is 0 Å². The van der Waals surface area contributed by atoms with Crippen molar-refractivity contribution in [1.82, 2.24) is 4.98 Å². The predicted octanol–water partition coefficient (Wildman–Crippen LogP) is 1.76. The van der Waals surface area contributed by atoms with E-state index in [2.05, 4.69) is 4.74 Å². The van der Waals surface area contributed by atoms with E-state index in [1.165, 1.54) is 0 Å². The highest BCUT2D eigenvalue weighted by Gasteiger charge is 2.28. The van der Waals surface area contributed by atoms with E-state index in [1.807, 2.05) is 4.98 Å². The lowest BCUT2D eigenvalue weighted by Gasteiger charge is -2.14. The van der Waals surface area contributed by atoms with Crippen LogP contribution >= 0.6 is 0 Å². The van der Waals surface area contributed by atoms with E-state index in [-0.39, 0.29) is 0 Å². The molecule has 0 spiro atoms. The molecule has 0 atom stereocenters. The van der Waals surface area contributed by atoms with Crippen molar-refractivity contribution in [3.05, 3.63) is 45.5 Å². The van der Waals surface area contributed by atoms with Crippen LogP contribution < -0.4 is 16.0 Å². The number of carbonyl (C=O) groups is 2. The molecule has 0 aliphatic rings. The van der Waals surface area contributed by atoms with Crippen LogP contribution in [0, 0.1) is 5.82 Å². The first kappa shape index (κ1) is 17.8. The molecule has 0 saturated heterocycles.